The minimum Gasteiger partial charge on any atom is -0.451 e. The summed E-state index contributed by atoms with van der Waals surface area (Å²) in [5.41, 5.74) is 1.57. The van der Waals surface area contributed by atoms with Crippen LogP contribution in [-0.2, 0) is 5.75 Å². The lowest BCUT2D eigenvalue weighted by atomic mass is 10.1. The Hall–Kier alpha value is -2.58. The zero-order valence-corrected chi connectivity index (χ0v) is 14.0. The number of aromatic nitrogens is 3. The molecule has 2 N–H and O–H groups in total. The molecule has 1 aromatic carbocycles. The number of benzene rings is 1. The summed E-state index contributed by atoms with van der Waals surface area (Å²) in [5.74, 6) is 0.898. The molecule has 3 aromatic heterocycles. The van der Waals surface area contributed by atoms with Crippen LogP contribution < -0.4 is 5.32 Å². The van der Waals surface area contributed by atoms with E-state index in [4.69, 9.17) is 4.42 Å². The first-order chi connectivity index (χ1) is 11.8. The number of rotatable bonds is 5. The predicted molar refractivity (Wildman–Crippen MR) is 94.4 cm³/mol. The first-order valence-corrected chi connectivity index (χ1v) is 9.01. The van der Waals surface area contributed by atoms with E-state index >= 15 is 0 Å². The number of para-hydroxylation sites is 1. The molecule has 4 rings (SSSR count). The van der Waals surface area contributed by atoms with E-state index in [1.54, 1.807) is 23.1 Å². The Bertz CT molecular complexity index is 961. The molecule has 1 amide bonds. The summed E-state index contributed by atoms with van der Waals surface area (Å²) >= 11 is 3.36. The van der Waals surface area contributed by atoms with E-state index in [-0.39, 0.29) is 11.9 Å². The van der Waals surface area contributed by atoms with E-state index in [0.29, 0.717) is 17.1 Å². The molecule has 0 fully saturated rings. The normalized spacial score (nSPS) is 11.0. The fraction of sp³-hybridized carbons (Fsp3) is 0.0625. The summed E-state index contributed by atoms with van der Waals surface area (Å²) in [6.45, 7) is 0. The molecule has 0 aliphatic carbocycles. The second-order valence-electron chi connectivity index (χ2n) is 4.91. The molecule has 6 nitrogen and oxygen atoms in total. The summed E-state index contributed by atoms with van der Waals surface area (Å²) < 4.78 is 6.99. The number of furan rings is 1. The Balaban J connectivity index is 1.68. The highest BCUT2D eigenvalue weighted by molar-refractivity contribution is 8.00. The summed E-state index contributed by atoms with van der Waals surface area (Å²) in [7, 11) is 0. The van der Waals surface area contributed by atoms with Crippen LogP contribution in [0.3, 0.4) is 0 Å². The minimum absolute atomic E-state index is 0.289. The van der Waals surface area contributed by atoms with Crippen molar-refractivity contribution in [2.45, 2.75) is 9.96 Å². The van der Waals surface area contributed by atoms with Crippen molar-refractivity contribution in [3.05, 3.63) is 59.4 Å². The molecule has 0 saturated heterocycles. The number of thiophene rings is 1. The number of fused-ring (bicyclic) bond motifs is 1. The zero-order valence-electron chi connectivity index (χ0n) is 12.4. The van der Waals surface area contributed by atoms with Gasteiger partial charge in [0.25, 0.3) is 5.91 Å². The number of anilines is 1. The van der Waals surface area contributed by atoms with Crippen molar-refractivity contribution in [1.82, 2.24) is 15.2 Å². The lowest BCUT2D eigenvalue weighted by molar-refractivity contribution is 0.0997. The van der Waals surface area contributed by atoms with Crippen molar-refractivity contribution in [2.24, 2.45) is 0 Å². The van der Waals surface area contributed by atoms with Gasteiger partial charge in [0.05, 0.1) is 4.21 Å². The molecule has 24 heavy (non-hydrogen) atoms. The number of amides is 1. The van der Waals surface area contributed by atoms with Gasteiger partial charge in [0.1, 0.15) is 11.9 Å². The van der Waals surface area contributed by atoms with E-state index in [1.807, 2.05) is 35.7 Å². The Morgan fingerprint density at radius 1 is 1.29 bits per heavy atom. The highest BCUT2D eigenvalue weighted by atomic mass is 32.2. The van der Waals surface area contributed by atoms with E-state index in [2.05, 4.69) is 26.6 Å². The molecule has 0 atom stereocenters. The van der Waals surface area contributed by atoms with Gasteiger partial charge in [-0.05, 0) is 17.5 Å². The number of hydrogen-bond donors (Lipinski definition) is 2. The van der Waals surface area contributed by atoms with Crippen LogP contribution in [0.4, 0.5) is 5.95 Å². The monoisotopic (exact) mass is 356 g/mol. The van der Waals surface area contributed by atoms with Gasteiger partial charge in [-0.2, -0.15) is 10.1 Å². The standard InChI is InChI=1S/C16H12N4O2S2/c21-15(19-16-17-9-18-20-16)14-11(8-24-13-6-3-7-23-13)10-4-1-2-5-12(10)22-14/h1-7,9H,8H2,(H2,17,18,19,20,21). The van der Waals surface area contributed by atoms with Crippen LogP contribution in [-0.4, -0.2) is 21.1 Å². The Labute approximate surface area is 145 Å². The lowest BCUT2D eigenvalue weighted by Crippen LogP contribution is -2.13. The smallest absolute Gasteiger partial charge is 0.294 e. The molecule has 0 aliphatic rings. The van der Waals surface area contributed by atoms with Crippen LogP contribution in [0, 0.1) is 0 Å². The fourth-order valence-electron chi connectivity index (χ4n) is 2.34. The zero-order chi connectivity index (χ0) is 16.4. The van der Waals surface area contributed by atoms with Crippen molar-refractivity contribution in [2.75, 3.05) is 5.32 Å². The molecule has 8 heteroatoms. The predicted octanol–water partition coefficient (Wildman–Crippen LogP) is 4.16. The average Bonchev–Trinajstić information content (AvgIpc) is 3.33. The average molecular weight is 356 g/mol. The number of carbonyl (C=O) groups excluding carboxylic acids is 1. The molecular formula is C16H12N4O2S2. The number of H-pyrrole nitrogens is 1. The number of hydrogen-bond acceptors (Lipinski definition) is 6. The third-order valence-electron chi connectivity index (χ3n) is 3.41. The van der Waals surface area contributed by atoms with Gasteiger partial charge in [-0.3, -0.25) is 10.1 Å². The van der Waals surface area contributed by atoms with Gasteiger partial charge in [-0.1, -0.05) is 24.3 Å². The van der Waals surface area contributed by atoms with Gasteiger partial charge < -0.3 is 4.42 Å². The number of aromatic amines is 1. The van der Waals surface area contributed by atoms with Crippen molar-refractivity contribution >= 4 is 45.9 Å². The molecule has 0 bridgehead atoms. The van der Waals surface area contributed by atoms with Gasteiger partial charge in [0.15, 0.2) is 5.76 Å². The highest BCUT2D eigenvalue weighted by Crippen LogP contribution is 2.33. The maximum absolute atomic E-state index is 12.6. The Morgan fingerprint density at radius 2 is 2.21 bits per heavy atom. The number of nitrogens with one attached hydrogen (secondary N) is 2. The molecule has 0 unspecified atom stereocenters. The first-order valence-electron chi connectivity index (χ1n) is 7.14. The van der Waals surface area contributed by atoms with Crippen molar-refractivity contribution in [3.63, 3.8) is 0 Å². The van der Waals surface area contributed by atoms with Crippen molar-refractivity contribution in [1.29, 1.82) is 0 Å². The van der Waals surface area contributed by atoms with E-state index in [0.717, 1.165) is 10.9 Å². The summed E-state index contributed by atoms with van der Waals surface area (Å²) in [5, 5.41) is 12.0. The largest absolute Gasteiger partial charge is 0.451 e. The van der Waals surface area contributed by atoms with Crippen molar-refractivity contribution < 1.29 is 9.21 Å². The van der Waals surface area contributed by atoms with Gasteiger partial charge in [0.2, 0.25) is 5.95 Å². The summed E-state index contributed by atoms with van der Waals surface area (Å²) in [6, 6.07) is 11.7. The SMILES string of the molecule is O=C(Nc1ncn[nH]1)c1oc2ccccc2c1CSc1cccs1. The molecule has 120 valence electrons. The lowest BCUT2D eigenvalue weighted by Gasteiger charge is -2.02. The van der Waals surface area contributed by atoms with Crippen LogP contribution in [0.1, 0.15) is 16.1 Å². The second-order valence-corrected chi connectivity index (χ2v) is 7.14. The van der Waals surface area contributed by atoms with Crippen LogP contribution in [0.25, 0.3) is 11.0 Å². The summed E-state index contributed by atoms with van der Waals surface area (Å²) in [6.07, 6.45) is 1.34. The molecule has 0 spiro atoms. The second kappa shape index (κ2) is 6.50. The van der Waals surface area contributed by atoms with Crippen molar-refractivity contribution in [3.8, 4) is 0 Å². The molecule has 3 heterocycles. The van der Waals surface area contributed by atoms with E-state index in [1.165, 1.54) is 10.5 Å². The minimum atomic E-state index is -0.343. The molecule has 0 saturated carbocycles. The highest BCUT2D eigenvalue weighted by Gasteiger charge is 2.21. The van der Waals surface area contributed by atoms with Gasteiger partial charge in [0, 0.05) is 16.7 Å². The van der Waals surface area contributed by atoms with Gasteiger partial charge in [-0.25, -0.2) is 5.10 Å². The van der Waals surface area contributed by atoms with Crippen LogP contribution in [0.15, 0.2) is 56.7 Å². The van der Waals surface area contributed by atoms with Crippen LogP contribution in [0.2, 0.25) is 0 Å². The third-order valence-corrected chi connectivity index (χ3v) is 5.56. The number of thioether (sulfide) groups is 1. The Kier molecular flexibility index (Phi) is 4.06. The van der Waals surface area contributed by atoms with E-state index < -0.39 is 0 Å². The van der Waals surface area contributed by atoms with E-state index in [9.17, 15) is 4.79 Å². The maximum Gasteiger partial charge on any atom is 0.294 e. The van der Waals surface area contributed by atoms with Gasteiger partial charge in [-0.15, -0.1) is 23.1 Å². The van der Waals surface area contributed by atoms with Gasteiger partial charge >= 0.3 is 0 Å². The quantitative estimate of drug-likeness (QED) is 0.525. The van der Waals surface area contributed by atoms with Crippen LogP contribution >= 0.6 is 23.1 Å². The molecule has 0 radical (unpaired) electrons. The number of nitrogens with zero attached hydrogens (tertiary/aromatic N) is 2. The third kappa shape index (κ3) is 2.93. The maximum atomic E-state index is 12.6. The Morgan fingerprint density at radius 3 is 3.00 bits per heavy atom. The topological polar surface area (TPSA) is 83.8 Å². The molecule has 4 aromatic rings. The fourth-order valence-corrected chi connectivity index (χ4v) is 4.16. The summed E-state index contributed by atoms with van der Waals surface area (Å²) in [4.78, 5) is 16.5. The van der Waals surface area contributed by atoms with Crippen LogP contribution in [0.5, 0.6) is 0 Å². The molecular weight excluding hydrogens is 344 g/mol. The first kappa shape index (κ1) is 15.0. The molecule has 0 aliphatic heterocycles. The number of carbonyl (C=O) groups is 1.